The lowest BCUT2D eigenvalue weighted by Gasteiger charge is -2.06. The van der Waals surface area contributed by atoms with Crippen LogP contribution < -0.4 is 4.74 Å². The zero-order valence-corrected chi connectivity index (χ0v) is 10.9. The number of ether oxygens (including phenoxy) is 1. The first-order valence-electron chi connectivity index (χ1n) is 5.33. The van der Waals surface area contributed by atoms with Crippen LogP contribution in [0.2, 0.25) is 0 Å². The summed E-state index contributed by atoms with van der Waals surface area (Å²) in [4.78, 5) is 4.05. The van der Waals surface area contributed by atoms with Crippen LogP contribution in [-0.4, -0.2) is 19.7 Å². The summed E-state index contributed by atoms with van der Waals surface area (Å²) >= 11 is 0. The molecule has 0 aliphatic carbocycles. The lowest BCUT2D eigenvalue weighted by molar-refractivity contribution is 0.481. The van der Waals surface area contributed by atoms with Crippen LogP contribution in [0.5, 0.6) is 11.5 Å². The van der Waals surface area contributed by atoms with Gasteiger partial charge in [-0.25, -0.2) is 13.4 Å². The van der Waals surface area contributed by atoms with Crippen LogP contribution in [0, 0.1) is 11.3 Å². The normalized spacial score (nSPS) is 10.7. The number of hydrogen-bond donors (Lipinski definition) is 0. The van der Waals surface area contributed by atoms with Crippen molar-refractivity contribution in [3.63, 3.8) is 0 Å². The Labute approximate surface area is 111 Å². The van der Waals surface area contributed by atoms with E-state index in [0.717, 1.165) is 6.26 Å². The molecule has 0 bridgehead atoms. The summed E-state index contributed by atoms with van der Waals surface area (Å²) in [7, 11) is -3.21. The van der Waals surface area contributed by atoms with E-state index in [0.29, 0.717) is 11.5 Å². The minimum Gasteiger partial charge on any atom is -0.457 e. The summed E-state index contributed by atoms with van der Waals surface area (Å²) in [5.41, 5.74) is 0.255. The van der Waals surface area contributed by atoms with E-state index >= 15 is 0 Å². The van der Waals surface area contributed by atoms with Crippen LogP contribution in [0.25, 0.3) is 0 Å². The number of benzene rings is 1. The zero-order chi connectivity index (χ0) is 13.9. The molecule has 5 nitrogen and oxygen atoms in total. The van der Waals surface area contributed by atoms with Crippen LogP contribution in [-0.2, 0) is 9.84 Å². The first-order chi connectivity index (χ1) is 8.99. The summed E-state index contributed by atoms with van der Waals surface area (Å²) in [6.07, 6.45) is 2.61. The van der Waals surface area contributed by atoms with Crippen molar-refractivity contribution < 1.29 is 13.2 Å². The predicted octanol–water partition coefficient (Wildman–Crippen LogP) is 2.15. The number of rotatable bonds is 3. The summed E-state index contributed by atoms with van der Waals surface area (Å²) in [5, 5.41) is 8.72. The maximum Gasteiger partial charge on any atom is 0.175 e. The average Bonchev–Trinajstić information content (AvgIpc) is 2.38. The van der Waals surface area contributed by atoms with Gasteiger partial charge in [0, 0.05) is 18.5 Å². The van der Waals surface area contributed by atoms with Gasteiger partial charge < -0.3 is 4.74 Å². The van der Waals surface area contributed by atoms with Crippen LogP contribution >= 0.6 is 0 Å². The molecule has 0 aliphatic rings. The molecule has 2 aromatic rings. The first-order valence-corrected chi connectivity index (χ1v) is 7.22. The molecule has 0 unspecified atom stereocenters. The third-order valence-electron chi connectivity index (χ3n) is 2.33. The molecule has 1 heterocycles. The lowest BCUT2D eigenvalue weighted by Crippen LogP contribution is -1.96. The lowest BCUT2D eigenvalue weighted by atomic mass is 10.3. The molecule has 2 rings (SSSR count). The minimum absolute atomic E-state index is 0.229. The average molecular weight is 274 g/mol. The largest absolute Gasteiger partial charge is 0.457 e. The van der Waals surface area contributed by atoms with Crippen LogP contribution in [0.4, 0.5) is 0 Å². The van der Waals surface area contributed by atoms with Crippen molar-refractivity contribution in [2.24, 2.45) is 0 Å². The van der Waals surface area contributed by atoms with Gasteiger partial charge >= 0.3 is 0 Å². The van der Waals surface area contributed by atoms with Crippen LogP contribution in [0.1, 0.15) is 5.69 Å². The topological polar surface area (TPSA) is 80.1 Å². The fourth-order valence-corrected chi connectivity index (χ4v) is 2.06. The Hall–Kier alpha value is -2.39. The Kier molecular flexibility index (Phi) is 3.49. The Bertz CT molecular complexity index is 731. The molecule has 0 N–H and O–H groups in total. The molecule has 19 heavy (non-hydrogen) atoms. The van der Waals surface area contributed by atoms with Gasteiger partial charge in [0.1, 0.15) is 23.3 Å². The van der Waals surface area contributed by atoms with Gasteiger partial charge in [0.25, 0.3) is 0 Å². The number of nitrogens with zero attached hydrogens (tertiary/aromatic N) is 2. The van der Waals surface area contributed by atoms with E-state index < -0.39 is 9.84 Å². The summed E-state index contributed by atoms with van der Waals surface area (Å²) in [6.45, 7) is 0. The minimum atomic E-state index is -3.21. The maximum absolute atomic E-state index is 11.3. The van der Waals surface area contributed by atoms with E-state index in [1.54, 1.807) is 18.2 Å². The second-order valence-corrected chi connectivity index (χ2v) is 5.85. The van der Waals surface area contributed by atoms with Crippen molar-refractivity contribution in [3.05, 3.63) is 48.3 Å². The van der Waals surface area contributed by atoms with Crippen LogP contribution in [0.3, 0.4) is 0 Å². The standard InChI is InChI=1S/C13H10N2O3S/c1-19(16,17)13-4-2-11(3-5-13)18-12-6-7-15-10(8-12)9-14/h2-8H,1H3. The van der Waals surface area contributed by atoms with Crippen molar-refractivity contribution in [1.29, 1.82) is 5.26 Å². The Morgan fingerprint density at radius 3 is 2.42 bits per heavy atom. The van der Waals surface area contributed by atoms with E-state index in [2.05, 4.69) is 4.98 Å². The summed E-state index contributed by atoms with van der Waals surface area (Å²) in [6, 6.07) is 11.1. The third kappa shape index (κ3) is 3.30. The van der Waals surface area contributed by atoms with E-state index in [4.69, 9.17) is 10.00 Å². The fraction of sp³-hybridized carbons (Fsp3) is 0.0769. The van der Waals surface area contributed by atoms with Crippen molar-refractivity contribution in [1.82, 2.24) is 4.98 Å². The van der Waals surface area contributed by atoms with Crippen molar-refractivity contribution in [2.75, 3.05) is 6.26 Å². The highest BCUT2D eigenvalue weighted by molar-refractivity contribution is 7.90. The molecule has 1 aromatic heterocycles. The first kappa shape index (κ1) is 13.1. The van der Waals surface area contributed by atoms with Crippen molar-refractivity contribution in [3.8, 4) is 17.6 Å². The molecule has 0 radical (unpaired) electrons. The van der Waals surface area contributed by atoms with Gasteiger partial charge in [0.2, 0.25) is 0 Å². The molecular formula is C13H10N2O3S. The summed E-state index contributed by atoms with van der Waals surface area (Å²) in [5.74, 6) is 0.959. The highest BCUT2D eigenvalue weighted by Gasteiger charge is 2.07. The van der Waals surface area contributed by atoms with Gasteiger partial charge in [-0.1, -0.05) is 0 Å². The van der Waals surface area contributed by atoms with E-state index in [9.17, 15) is 8.42 Å². The third-order valence-corrected chi connectivity index (χ3v) is 3.46. The van der Waals surface area contributed by atoms with Gasteiger partial charge in [0.15, 0.2) is 9.84 Å². The highest BCUT2D eigenvalue weighted by atomic mass is 32.2. The van der Waals surface area contributed by atoms with Gasteiger partial charge in [-0.3, -0.25) is 0 Å². The number of nitriles is 1. The zero-order valence-electron chi connectivity index (χ0n) is 10.1. The molecule has 0 spiro atoms. The van der Waals surface area contributed by atoms with Crippen LogP contribution in [0.15, 0.2) is 47.5 Å². The second kappa shape index (κ2) is 5.08. The highest BCUT2D eigenvalue weighted by Crippen LogP contribution is 2.22. The molecule has 96 valence electrons. The van der Waals surface area contributed by atoms with Crippen molar-refractivity contribution in [2.45, 2.75) is 4.90 Å². The van der Waals surface area contributed by atoms with E-state index in [-0.39, 0.29) is 10.6 Å². The molecule has 0 saturated carbocycles. The SMILES string of the molecule is CS(=O)(=O)c1ccc(Oc2ccnc(C#N)c2)cc1. The number of sulfone groups is 1. The monoisotopic (exact) mass is 274 g/mol. The van der Waals surface area contributed by atoms with Gasteiger partial charge in [-0.15, -0.1) is 0 Å². The number of pyridine rings is 1. The molecular weight excluding hydrogens is 264 g/mol. The fourth-order valence-electron chi connectivity index (χ4n) is 1.43. The summed E-state index contributed by atoms with van der Waals surface area (Å²) < 4.78 is 28.1. The van der Waals surface area contributed by atoms with Gasteiger partial charge in [-0.05, 0) is 30.3 Å². The Morgan fingerprint density at radius 1 is 1.16 bits per heavy atom. The van der Waals surface area contributed by atoms with E-state index in [1.807, 2.05) is 6.07 Å². The molecule has 0 aliphatic heterocycles. The molecule has 0 atom stereocenters. The molecule has 6 heteroatoms. The van der Waals surface area contributed by atoms with Gasteiger partial charge in [0.05, 0.1) is 4.90 Å². The van der Waals surface area contributed by atoms with Gasteiger partial charge in [-0.2, -0.15) is 5.26 Å². The Balaban J connectivity index is 2.22. The smallest absolute Gasteiger partial charge is 0.175 e. The Morgan fingerprint density at radius 2 is 1.84 bits per heavy atom. The molecule has 0 saturated heterocycles. The second-order valence-electron chi connectivity index (χ2n) is 3.83. The maximum atomic E-state index is 11.3. The molecule has 1 aromatic carbocycles. The van der Waals surface area contributed by atoms with E-state index in [1.165, 1.54) is 24.4 Å². The molecule has 0 amide bonds. The predicted molar refractivity (Wildman–Crippen MR) is 68.6 cm³/mol. The number of aromatic nitrogens is 1. The van der Waals surface area contributed by atoms with Crippen molar-refractivity contribution >= 4 is 9.84 Å². The number of hydrogen-bond acceptors (Lipinski definition) is 5. The quantitative estimate of drug-likeness (QED) is 0.856. The molecule has 0 fully saturated rings.